The number of carbonyl (C=O) groups is 3. The number of nitrogens with one attached hydrogen (secondary N) is 2. The van der Waals surface area contributed by atoms with Gasteiger partial charge in [-0.15, -0.1) is 0 Å². The van der Waals surface area contributed by atoms with E-state index in [4.69, 9.17) is 5.11 Å². The van der Waals surface area contributed by atoms with Gasteiger partial charge in [0.05, 0.1) is 6.54 Å². The Morgan fingerprint density at radius 3 is 2.50 bits per heavy atom. The molecule has 1 rings (SSSR count). The molecule has 3 N–H and O–H groups in total. The van der Waals surface area contributed by atoms with Crippen molar-refractivity contribution in [3.63, 3.8) is 0 Å². The second-order valence-corrected chi connectivity index (χ2v) is 3.55. The quantitative estimate of drug-likeness (QED) is 0.647. The first-order valence-corrected chi connectivity index (χ1v) is 5.21. The third-order valence-corrected chi connectivity index (χ3v) is 2.10. The molecule has 1 aromatic rings. The van der Waals surface area contributed by atoms with Gasteiger partial charge in [-0.2, -0.15) is 0 Å². The van der Waals surface area contributed by atoms with Crippen molar-refractivity contribution in [2.24, 2.45) is 0 Å². The van der Waals surface area contributed by atoms with Gasteiger partial charge >= 0.3 is 5.97 Å². The predicted octanol–water partition coefficient (Wildman–Crippen LogP) is -0.599. The van der Waals surface area contributed by atoms with Crippen LogP contribution >= 0.6 is 0 Å². The Labute approximate surface area is 103 Å². The molecule has 0 aromatic carbocycles. The van der Waals surface area contributed by atoms with Gasteiger partial charge in [0.1, 0.15) is 6.04 Å². The summed E-state index contributed by atoms with van der Waals surface area (Å²) in [4.78, 5) is 37.1. The lowest BCUT2D eigenvalue weighted by Crippen LogP contribution is -2.44. The molecule has 1 atom stereocenters. The Bertz CT molecular complexity index is 447. The Morgan fingerprint density at radius 1 is 1.33 bits per heavy atom. The summed E-state index contributed by atoms with van der Waals surface area (Å²) in [7, 11) is 0. The van der Waals surface area contributed by atoms with Crippen LogP contribution in [0.4, 0.5) is 0 Å². The van der Waals surface area contributed by atoms with Gasteiger partial charge in [0, 0.05) is 18.0 Å². The molecule has 2 amide bonds. The lowest BCUT2D eigenvalue weighted by atomic mass is 10.2. The number of carbonyl (C=O) groups excluding carboxylic acids is 2. The standard InChI is InChI=1S/C11H13N3O4/c1-7(11(17)18)14-9(15)6-13-10(16)8-2-4-12-5-3-8/h2-5,7H,6H2,1H3,(H,13,16)(H,14,15)(H,17,18). The van der Waals surface area contributed by atoms with E-state index < -0.39 is 23.8 Å². The minimum atomic E-state index is -1.14. The molecule has 1 aromatic heterocycles. The number of amides is 2. The first-order valence-electron chi connectivity index (χ1n) is 5.21. The van der Waals surface area contributed by atoms with Crippen LogP contribution in [-0.4, -0.2) is 40.5 Å². The molecule has 1 heterocycles. The minimum absolute atomic E-state index is 0.279. The highest BCUT2D eigenvalue weighted by molar-refractivity contribution is 5.96. The lowest BCUT2D eigenvalue weighted by Gasteiger charge is -2.09. The molecule has 0 aliphatic rings. The number of rotatable bonds is 5. The average Bonchev–Trinajstić information content (AvgIpc) is 2.36. The molecule has 0 radical (unpaired) electrons. The largest absolute Gasteiger partial charge is 0.480 e. The second kappa shape index (κ2) is 6.33. The molecule has 7 nitrogen and oxygen atoms in total. The molecule has 0 saturated heterocycles. The van der Waals surface area contributed by atoms with E-state index in [1.165, 1.54) is 31.5 Å². The van der Waals surface area contributed by atoms with Crippen LogP contribution in [-0.2, 0) is 9.59 Å². The SMILES string of the molecule is CC(NC(=O)CNC(=O)c1ccncc1)C(=O)O. The Hall–Kier alpha value is -2.44. The summed E-state index contributed by atoms with van der Waals surface area (Å²) in [5, 5.41) is 13.2. The van der Waals surface area contributed by atoms with Crippen molar-refractivity contribution in [2.45, 2.75) is 13.0 Å². The van der Waals surface area contributed by atoms with E-state index in [0.29, 0.717) is 5.56 Å². The molecule has 0 fully saturated rings. The number of nitrogens with zero attached hydrogens (tertiary/aromatic N) is 1. The van der Waals surface area contributed by atoms with Crippen molar-refractivity contribution < 1.29 is 19.5 Å². The van der Waals surface area contributed by atoms with Crippen LogP contribution in [0.1, 0.15) is 17.3 Å². The molecule has 0 spiro atoms. The fourth-order valence-electron chi connectivity index (χ4n) is 1.12. The molecule has 7 heteroatoms. The topological polar surface area (TPSA) is 108 Å². The zero-order valence-corrected chi connectivity index (χ0v) is 9.71. The first kappa shape index (κ1) is 13.6. The highest BCUT2D eigenvalue weighted by Gasteiger charge is 2.14. The lowest BCUT2D eigenvalue weighted by molar-refractivity contribution is -0.141. The molecule has 18 heavy (non-hydrogen) atoms. The molecule has 1 unspecified atom stereocenters. The molecule has 0 bridgehead atoms. The maximum atomic E-state index is 11.5. The van der Waals surface area contributed by atoms with Gasteiger partial charge in [-0.05, 0) is 19.1 Å². The number of aromatic nitrogens is 1. The average molecular weight is 251 g/mol. The third kappa shape index (κ3) is 4.20. The van der Waals surface area contributed by atoms with E-state index in [9.17, 15) is 14.4 Å². The van der Waals surface area contributed by atoms with Crippen LogP contribution in [0.25, 0.3) is 0 Å². The number of hydrogen-bond donors (Lipinski definition) is 3. The van der Waals surface area contributed by atoms with Gasteiger partial charge in [0.25, 0.3) is 5.91 Å². The fourth-order valence-corrected chi connectivity index (χ4v) is 1.12. The van der Waals surface area contributed by atoms with Crippen molar-refractivity contribution in [1.29, 1.82) is 0 Å². The first-order chi connectivity index (χ1) is 8.50. The summed E-state index contributed by atoms with van der Waals surface area (Å²) in [6.07, 6.45) is 2.92. The van der Waals surface area contributed by atoms with Crippen LogP contribution in [0.5, 0.6) is 0 Å². The van der Waals surface area contributed by atoms with Crippen LogP contribution in [0.3, 0.4) is 0 Å². The minimum Gasteiger partial charge on any atom is -0.480 e. The fraction of sp³-hybridized carbons (Fsp3) is 0.273. The highest BCUT2D eigenvalue weighted by Crippen LogP contribution is 1.94. The summed E-state index contributed by atoms with van der Waals surface area (Å²) in [6, 6.07) is 2.02. The number of carboxylic acid groups (broad SMARTS) is 1. The van der Waals surface area contributed by atoms with E-state index in [0.717, 1.165) is 0 Å². The summed E-state index contributed by atoms with van der Waals surface area (Å²) < 4.78 is 0. The van der Waals surface area contributed by atoms with E-state index >= 15 is 0 Å². The van der Waals surface area contributed by atoms with Crippen LogP contribution in [0.2, 0.25) is 0 Å². The van der Waals surface area contributed by atoms with Gasteiger partial charge < -0.3 is 15.7 Å². The van der Waals surface area contributed by atoms with Crippen LogP contribution in [0.15, 0.2) is 24.5 Å². The van der Waals surface area contributed by atoms with Crippen molar-refractivity contribution >= 4 is 17.8 Å². The molecule has 96 valence electrons. The number of pyridine rings is 1. The van der Waals surface area contributed by atoms with Gasteiger partial charge in [0.15, 0.2) is 0 Å². The molecular formula is C11H13N3O4. The van der Waals surface area contributed by atoms with Crippen LogP contribution in [0, 0.1) is 0 Å². The Kier molecular flexibility index (Phi) is 4.79. The monoisotopic (exact) mass is 251 g/mol. The predicted molar refractivity (Wildman–Crippen MR) is 61.8 cm³/mol. The maximum absolute atomic E-state index is 11.5. The van der Waals surface area contributed by atoms with E-state index in [-0.39, 0.29) is 6.54 Å². The van der Waals surface area contributed by atoms with Gasteiger partial charge in [0.2, 0.25) is 5.91 Å². The van der Waals surface area contributed by atoms with Crippen molar-refractivity contribution in [2.75, 3.05) is 6.54 Å². The maximum Gasteiger partial charge on any atom is 0.325 e. The van der Waals surface area contributed by atoms with Gasteiger partial charge in [-0.25, -0.2) is 0 Å². The molecule has 0 aliphatic heterocycles. The number of carboxylic acids is 1. The Morgan fingerprint density at radius 2 is 1.94 bits per heavy atom. The van der Waals surface area contributed by atoms with Gasteiger partial charge in [-0.1, -0.05) is 0 Å². The van der Waals surface area contributed by atoms with E-state index in [2.05, 4.69) is 15.6 Å². The van der Waals surface area contributed by atoms with Crippen molar-refractivity contribution in [1.82, 2.24) is 15.6 Å². The highest BCUT2D eigenvalue weighted by atomic mass is 16.4. The summed E-state index contributed by atoms with van der Waals surface area (Å²) in [6.45, 7) is 1.06. The van der Waals surface area contributed by atoms with Crippen LogP contribution < -0.4 is 10.6 Å². The summed E-state index contributed by atoms with van der Waals surface area (Å²) >= 11 is 0. The zero-order chi connectivity index (χ0) is 13.5. The third-order valence-electron chi connectivity index (χ3n) is 2.10. The number of hydrogen-bond acceptors (Lipinski definition) is 4. The summed E-state index contributed by atoms with van der Waals surface area (Å²) in [5.41, 5.74) is 0.379. The van der Waals surface area contributed by atoms with Gasteiger partial charge in [-0.3, -0.25) is 19.4 Å². The van der Waals surface area contributed by atoms with Crippen molar-refractivity contribution in [3.8, 4) is 0 Å². The number of aliphatic carboxylic acids is 1. The molecular weight excluding hydrogens is 238 g/mol. The second-order valence-electron chi connectivity index (χ2n) is 3.55. The normalized spacial score (nSPS) is 11.4. The summed E-state index contributed by atoms with van der Waals surface area (Å²) in [5.74, 6) is -2.12. The molecule has 0 aliphatic carbocycles. The van der Waals surface area contributed by atoms with E-state index in [1.807, 2.05) is 0 Å². The smallest absolute Gasteiger partial charge is 0.325 e. The van der Waals surface area contributed by atoms with Crippen molar-refractivity contribution in [3.05, 3.63) is 30.1 Å². The molecule has 0 saturated carbocycles. The zero-order valence-electron chi connectivity index (χ0n) is 9.71. The van der Waals surface area contributed by atoms with E-state index in [1.54, 1.807) is 0 Å². The Balaban J connectivity index is 2.40.